The minimum Gasteiger partial charge on any atom is -0.506 e. The third-order valence-corrected chi connectivity index (χ3v) is 5.25. The number of carbonyl (C=O) groups excluding carboxylic acids is 1. The van der Waals surface area contributed by atoms with Crippen LogP contribution in [0.15, 0.2) is 42.5 Å². The average molecular weight is 378 g/mol. The molecule has 1 amide bonds. The molecular weight excluding hydrogens is 352 g/mol. The molecule has 2 aromatic rings. The molecular formula is C22H26N4O2. The second-order valence-electron chi connectivity index (χ2n) is 7.34. The highest BCUT2D eigenvalue weighted by molar-refractivity contribution is 5.83. The Labute approximate surface area is 166 Å². The number of nitrogens with zero attached hydrogens (tertiary/aromatic N) is 4. The van der Waals surface area contributed by atoms with Gasteiger partial charge in [0.05, 0.1) is 17.3 Å². The lowest BCUT2D eigenvalue weighted by molar-refractivity contribution is -0.134. The summed E-state index contributed by atoms with van der Waals surface area (Å²) in [7, 11) is 3.57. The molecule has 6 heteroatoms. The Balaban J connectivity index is 1.79. The number of aromatic hydroxyl groups is 1. The molecule has 0 aliphatic carbocycles. The number of phenols is 1. The second kappa shape index (κ2) is 8.32. The topological polar surface area (TPSA) is 70.8 Å². The standard InChI is InChI=1S/C22H26N4O2/c1-16-13-19(20(27)14-18(16)15-23)25-9-11-26(12-10-25)21(22(28)24(2)3)17-7-5-4-6-8-17/h4-8,13-14,21,27H,9-12H2,1-3H3/t21-/m0/s1. The molecule has 0 bridgehead atoms. The molecule has 1 fully saturated rings. The van der Waals surface area contributed by atoms with Gasteiger partial charge < -0.3 is 14.9 Å². The van der Waals surface area contributed by atoms with E-state index in [1.807, 2.05) is 43.3 Å². The van der Waals surface area contributed by atoms with Gasteiger partial charge in [0.15, 0.2) is 0 Å². The number of rotatable bonds is 4. The molecule has 1 saturated heterocycles. The van der Waals surface area contributed by atoms with Crippen molar-refractivity contribution >= 4 is 11.6 Å². The van der Waals surface area contributed by atoms with E-state index in [0.29, 0.717) is 31.7 Å². The van der Waals surface area contributed by atoms with E-state index in [1.54, 1.807) is 19.0 Å². The molecule has 0 radical (unpaired) electrons. The summed E-state index contributed by atoms with van der Waals surface area (Å²) in [5, 5.41) is 19.5. The molecule has 0 unspecified atom stereocenters. The highest BCUT2D eigenvalue weighted by Crippen LogP contribution is 2.32. The van der Waals surface area contributed by atoms with Crippen molar-refractivity contribution in [2.24, 2.45) is 0 Å². The molecule has 1 aliphatic heterocycles. The zero-order valence-corrected chi connectivity index (χ0v) is 16.6. The van der Waals surface area contributed by atoms with Crippen molar-refractivity contribution in [2.45, 2.75) is 13.0 Å². The highest BCUT2D eigenvalue weighted by atomic mass is 16.3. The number of hydrogen-bond donors (Lipinski definition) is 1. The lowest BCUT2D eigenvalue weighted by Gasteiger charge is -2.40. The third kappa shape index (κ3) is 3.95. The number of benzene rings is 2. The molecule has 2 aromatic carbocycles. The van der Waals surface area contributed by atoms with Gasteiger partial charge in [-0.3, -0.25) is 9.69 Å². The van der Waals surface area contributed by atoms with Crippen molar-refractivity contribution in [1.29, 1.82) is 5.26 Å². The van der Waals surface area contributed by atoms with Crippen LogP contribution in [-0.4, -0.2) is 61.1 Å². The van der Waals surface area contributed by atoms with Crippen LogP contribution < -0.4 is 4.90 Å². The van der Waals surface area contributed by atoms with Gasteiger partial charge in [-0.25, -0.2) is 0 Å². The Morgan fingerprint density at radius 2 is 1.79 bits per heavy atom. The fraction of sp³-hybridized carbons (Fsp3) is 0.364. The monoisotopic (exact) mass is 378 g/mol. The van der Waals surface area contributed by atoms with Crippen molar-refractivity contribution in [2.75, 3.05) is 45.2 Å². The molecule has 1 aliphatic rings. The number of hydrogen-bond acceptors (Lipinski definition) is 5. The maximum Gasteiger partial charge on any atom is 0.244 e. The van der Waals surface area contributed by atoms with Crippen molar-refractivity contribution in [1.82, 2.24) is 9.80 Å². The molecule has 28 heavy (non-hydrogen) atoms. The summed E-state index contributed by atoms with van der Waals surface area (Å²) < 4.78 is 0. The fourth-order valence-electron chi connectivity index (χ4n) is 3.67. The maximum atomic E-state index is 12.9. The number of nitriles is 1. The Morgan fingerprint density at radius 3 is 2.36 bits per heavy atom. The van der Waals surface area contributed by atoms with Gasteiger partial charge in [0, 0.05) is 46.3 Å². The van der Waals surface area contributed by atoms with Crippen LogP contribution in [0.3, 0.4) is 0 Å². The number of anilines is 1. The Hall–Kier alpha value is -3.04. The quantitative estimate of drug-likeness (QED) is 0.885. The molecule has 1 N–H and O–H groups in total. The summed E-state index contributed by atoms with van der Waals surface area (Å²) in [5.41, 5.74) is 3.07. The Bertz CT molecular complexity index is 881. The number of aryl methyl sites for hydroxylation is 1. The molecule has 146 valence electrons. The first-order chi connectivity index (χ1) is 13.4. The van der Waals surface area contributed by atoms with E-state index in [4.69, 9.17) is 5.26 Å². The normalized spacial score (nSPS) is 15.7. The van der Waals surface area contributed by atoms with Crippen LogP contribution in [0.1, 0.15) is 22.7 Å². The van der Waals surface area contributed by atoms with Crippen LogP contribution in [0.2, 0.25) is 0 Å². The fourth-order valence-corrected chi connectivity index (χ4v) is 3.67. The first-order valence-corrected chi connectivity index (χ1v) is 9.41. The van der Waals surface area contributed by atoms with E-state index in [1.165, 1.54) is 6.07 Å². The molecule has 0 spiro atoms. The van der Waals surface area contributed by atoms with Crippen LogP contribution >= 0.6 is 0 Å². The maximum absolute atomic E-state index is 12.9. The Morgan fingerprint density at radius 1 is 1.14 bits per heavy atom. The summed E-state index contributed by atoms with van der Waals surface area (Å²) >= 11 is 0. The highest BCUT2D eigenvalue weighted by Gasteiger charge is 2.32. The number of likely N-dealkylation sites (N-methyl/N-ethyl adjacent to an activating group) is 1. The van der Waals surface area contributed by atoms with Gasteiger partial charge in [-0.2, -0.15) is 5.26 Å². The van der Waals surface area contributed by atoms with E-state index >= 15 is 0 Å². The van der Waals surface area contributed by atoms with Crippen LogP contribution in [0, 0.1) is 18.3 Å². The number of carbonyl (C=O) groups is 1. The summed E-state index contributed by atoms with van der Waals surface area (Å²) in [6.45, 7) is 4.68. The van der Waals surface area contributed by atoms with E-state index in [2.05, 4.69) is 15.9 Å². The first-order valence-electron chi connectivity index (χ1n) is 9.41. The lowest BCUT2D eigenvalue weighted by Crippen LogP contribution is -2.51. The summed E-state index contributed by atoms with van der Waals surface area (Å²) in [6, 6.07) is 15.0. The molecule has 0 aromatic heterocycles. The van der Waals surface area contributed by atoms with E-state index in [0.717, 1.165) is 16.8 Å². The van der Waals surface area contributed by atoms with E-state index in [-0.39, 0.29) is 17.7 Å². The smallest absolute Gasteiger partial charge is 0.244 e. The lowest BCUT2D eigenvalue weighted by atomic mass is 10.0. The van der Waals surface area contributed by atoms with Crippen LogP contribution in [0.4, 0.5) is 5.69 Å². The number of amides is 1. The summed E-state index contributed by atoms with van der Waals surface area (Å²) in [4.78, 5) is 18.8. The van der Waals surface area contributed by atoms with Gasteiger partial charge in [0.25, 0.3) is 0 Å². The van der Waals surface area contributed by atoms with Crippen molar-refractivity contribution in [3.63, 3.8) is 0 Å². The minimum absolute atomic E-state index is 0.0664. The molecule has 6 nitrogen and oxygen atoms in total. The molecule has 1 atom stereocenters. The average Bonchev–Trinajstić information content (AvgIpc) is 2.71. The second-order valence-corrected chi connectivity index (χ2v) is 7.34. The molecule has 1 heterocycles. The van der Waals surface area contributed by atoms with Crippen LogP contribution in [-0.2, 0) is 4.79 Å². The number of phenolic OH excluding ortho intramolecular Hbond substituents is 1. The van der Waals surface area contributed by atoms with Gasteiger partial charge in [0.2, 0.25) is 5.91 Å². The van der Waals surface area contributed by atoms with Gasteiger partial charge in [-0.05, 0) is 24.1 Å². The van der Waals surface area contributed by atoms with E-state index < -0.39 is 0 Å². The van der Waals surface area contributed by atoms with Crippen LogP contribution in [0.5, 0.6) is 5.75 Å². The van der Waals surface area contributed by atoms with Gasteiger partial charge in [0.1, 0.15) is 11.8 Å². The van der Waals surface area contributed by atoms with Gasteiger partial charge in [-0.15, -0.1) is 0 Å². The zero-order valence-electron chi connectivity index (χ0n) is 16.6. The van der Waals surface area contributed by atoms with Gasteiger partial charge >= 0.3 is 0 Å². The summed E-state index contributed by atoms with van der Waals surface area (Å²) in [5.74, 6) is 0.191. The zero-order chi connectivity index (χ0) is 20.3. The SMILES string of the molecule is Cc1cc(N2CCN([C@H](C(=O)N(C)C)c3ccccc3)CC2)c(O)cc1C#N. The molecule has 3 rings (SSSR count). The van der Waals surface area contributed by atoms with Gasteiger partial charge in [-0.1, -0.05) is 30.3 Å². The Kier molecular flexibility index (Phi) is 5.86. The molecule has 0 saturated carbocycles. The van der Waals surface area contributed by atoms with Crippen molar-refractivity contribution < 1.29 is 9.90 Å². The predicted molar refractivity (Wildman–Crippen MR) is 109 cm³/mol. The van der Waals surface area contributed by atoms with Crippen molar-refractivity contribution in [3.8, 4) is 11.8 Å². The minimum atomic E-state index is -0.311. The number of piperazine rings is 1. The largest absolute Gasteiger partial charge is 0.506 e. The first kappa shape index (κ1) is 19.7. The third-order valence-electron chi connectivity index (χ3n) is 5.25. The van der Waals surface area contributed by atoms with Crippen molar-refractivity contribution in [3.05, 3.63) is 59.2 Å². The summed E-state index contributed by atoms with van der Waals surface area (Å²) in [6.07, 6.45) is 0. The predicted octanol–water partition coefficient (Wildman–Crippen LogP) is 2.52. The van der Waals surface area contributed by atoms with Crippen LogP contribution in [0.25, 0.3) is 0 Å². The van der Waals surface area contributed by atoms with E-state index in [9.17, 15) is 9.90 Å².